The van der Waals surface area contributed by atoms with Gasteiger partial charge in [-0.25, -0.2) is 4.79 Å². The topological polar surface area (TPSA) is 63.7 Å². The average molecular weight is 307 g/mol. The van der Waals surface area contributed by atoms with E-state index >= 15 is 0 Å². The van der Waals surface area contributed by atoms with Gasteiger partial charge in [-0.05, 0) is 25.0 Å². The Morgan fingerprint density at radius 1 is 1.50 bits per heavy atom. The van der Waals surface area contributed by atoms with Gasteiger partial charge in [-0.15, -0.1) is 0 Å². The van der Waals surface area contributed by atoms with Crippen LogP contribution in [-0.2, 0) is 15.9 Å². The normalized spacial score (nSPS) is 21.1. The maximum atomic E-state index is 12.4. The molecule has 0 aliphatic carbocycles. The third kappa shape index (κ3) is 4.18. The number of urea groups is 1. The predicted molar refractivity (Wildman–Crippen MR) is 83.9 cm³/mol. The van der Waals surface area contributed by atoms with Crippen molar-refractivity contribution in [2.24, 2.45) is 0 Å². The van der Waals surface area contributed by atoms with Gasteiger partial charge in [-0.3, -0.25) is 4.98 Å². The van der Waals surface area contributed by atoms with Crippen LogP contribution in [0.2, 0.25) is 0 Å². The summed E-state index contributed by atoms with van der Waals surface area (Å²) in [5.41, 5.74) is 2.17. The lowest BCUT2D eigenvalue weighted by Gasteiger charge is -2.24. The standard InChI is InChI=1S/C16H25N3O3/c1-12-5-4-7-17-15(12)6-8-18-16(20)19-10-14(22-3)9-13(19)11-21-2/h4-5,7,13-14H,6,8-11H2,1-3H3,(H,18,20)/t13-,14-/m0/s1. The molecule has 2 amide bonds. The molecule has 6 nitrogen and oxygen atoms in total. The van der Waals surface area contributed by atoms with Crippen LogP contribution in [-0.4, -0.2) is 62.0 Å². The van der Waals surface area contributed by atoms with Crippen LogP contribution in [0.1, 0.15) is 17.7 Å². The lowest BCUT2D eigenvalue weighted by Crippen LogP contribution is -2.45. The van der Waals surface area contributed by atoms with Crippen LogP contribution < -0.4 is 5.32 Å². The first-order valence-electron chi connectivity index (χ1n) is 7.62. The highest BCUT2D eigenvalue weighted by Crippen LogP contribution is 2.20. The summed E-state index contributed by atoms with van der Waals surface area (Å²) in [7, 11) is 3.33. The molecular formula is C16H25N3O3. The molecule has 1 aromatic heterocycles. The van der Waals surface area contributed by atoms with Crippen molar-refractivity contribution >= 4 is 6.03 Å². The van der Waals surface area contributed by atoms with Crippen molar-refractivity contribution in [3.8, 4) is 0 Å². The van der Waals surface area contributed by atoms with Crippen molar-refractivity contribution in [3.05, 3.63) is 29.6 Å². The number of ether oxygens (including phenoxy) is 2. The fraction of sp³-hybridized carbons (Fsp3) is 0.625. The summed E-state index contributed by atoms with van der Waals surface area (Å²) >= 11 is 0. The highest BCUT2D eigenvalue weighted by atomic mass is 16.5. The van der Waals surface area contributed by atoms with Gasteiger partial charge in [0.1, 0.15) is 0 Å². The molecule has 1 aliphatic heterocycles. The molecule has 1 saturated heterocycles. The largest absolute Gasteiger partial charge is 0.383 e. The molecule has 2 rings (SSSR count). The van der Waals surface area contributed by atoms with Crippen molar-refractivity contribution in [2.45, 2.75) is 31.9 Å². The molecule has 0 radical (unpaired) electrons. The van der Waals surface area contributed by atoms with E-state index in [0.29, 0.717) is 19.7 Å². The zero-order chi connectivity index (χ0) is 15.9. The van der Waals surface area contributed by atoms with Crippen LogP contribution in [0.25, 0.3) is 0 Å². The summed E-state index contributed by atoms with van der Waals surface area (Å²) in [6.07, 6.45) is 3.41. The molecule has 2 heterocycles. The monoisotopic (exact) mass is 307 g/mol. The molecule has 1 aromatic rings. The molecule has 22 heavy (non-hydrogen) atoms. The summed E-state index contributed by atoms with van der Waals surface area (Å²) in [6.45, 7) is 3.75. The van der Waals surface area contributed by atoms with E-state index in [1.165, 1.54) is 0 Å². The fourth-order valence-corrected chi connectivity index (χ4v) is 2.81. The second-order valence-corrected chi connectivity index (χ2v) is 5.60. The molecule has 122 valence electrons. The van der Waals surface area contributed by atoms with Gasteiger partial charge in [-0.1, -0.05) is 6.07 Å². The van der Waals surface area contributed by atoms with Crippen LogP contribution in [0, 0.1) is 6.92 Å². The lowest BCUT2D eigenvalue weighted by atomic mass is 10.2. The molecule has 1 fully saturated rings. The van der Waals surface area contributed by atoms with Crippen LogP contribution >= 0.6 is 0 Å². The number of carbonyl (C=O) groups is 1. The van der Waals surface area contributed by atoms with E-state index in [9.17, 15) is 4.79 Å². The Morgan fingerprint density at radius 3 is 3.00 bits per heavy atom. The number of carbonyl (C=O) groups excluding carboxylic acids is 1. The number of rotatable bonds is 6. The van der Waals surface area contributed by atoms with E-state index in [1.54, 1.807) is 20.4 Å². The number of aryl methyl sites for hydroxylation is 1. The number of likely N-dealkylation sites (tertiary alicyclic amines) is 1. The molecule has 0 bridgehead atoms. The number of aromatic nitrogens is 1. The molecule has 1 aliphatic rings. The van der Waals surface area contributed by atoms with Crippen LogP contribution in [0.15, 0.2) is 18.3 Å². The van der Waals surface area contributed by atoms with Crippen molar-refractivity contribution < 1.29 is 14.3 Å². The highest BCUT2D eigenvalue weighted by molar-refractivity contribution is 5.75. The Morgan fingerprint density at radius 2 is 2.32 bits per heavy atom. The van der Waals surface area contributed by atoms with Gasteiger partial charge >= 0.3 is 6.03 Å². The maximum Gasteiger partial charge on any atom is 0.317 e. The van der Waals surface area contributed by atoms with Gasteiger partial charge in [0.2, 0.25) is 0 Å². The summed E-state index contributed by atoms with van der Waals surface area (Å²) < 4.78 is 10.6. The molecule has 0 aromatic carbocycles. The highest BCUT2D eigenvalue weighted by Gasteiger charge is 2.35. The van der Waals surface area contributed by atoms with Crippen molar-refractivity contribution in [3.63, 3.8) is 0 Å². The summed E-state index contributed by atoms with van der Waals surface area (Å²) in [6, 6.07) is 3.96. The summed E-state index contributed by atoms with van der Waals surface area (Å²) in [4.78, 5) is 18.5. The second-order valence-electron chi connectivity index (χ2n) is 5.60. The quantitative estimate of drug-likeness (QED) is 0.862. The van der Waals surface area contributed by atoms with E-state index in [4.69, 9.17) is 9.47 Å². The smallest absolute Gasteiger partial charge is 0.317 e. The minimum Gasteiger partial charge on any atom is -0.383 e. The zero-order valence-corrected chi connectivity index (χ0v) is 13.5. The van der Waals surface area contributed by atoms with E-state index in [1.807, 2.05) is 24.0 Å². The predicted octanol–water partition coefficient (Wildman–Crippen LogP) is 1.38. The first-order chi connectivity index (χ1) is 10.7. The van der Waals surface area contributed by atoms with Crippen molar-refractivity contribution in [1.29, 1.82) is 0 Å². The van der Waals surface area contributed by atoms with E-state index < -0.39 is 0 Å². The molecule has 6 heteroatoms. The third-order valence-electron chi connectivity index (χ3n) is 4.09. The second kappa shape index (κ2) is 8.10. The Labute approximate surface area is 131 Å². The third-order valence-corrected chi connectivity index (χ3v) is 4.09. The van der Waals surface area contributed by atoms with Gasteiger partial charge in [0.25, 0.3) is 0 Å². The molecular weight excluding hydrogens is 282 g/mol. The molecule has 1 N–H and O–H groups in total. The van der Waals surface area contributed by atoms with E-state index in [0.717, 1.165) is 24.1 Å². The van der Waals surface area contributed by atoms with Gasteiger partial charge in [0.15, 0.2) is 0 Å². The number of hydrogen-bond donors (Lipinski definition) is 1. The first-order valence-corrected chi connectivity index (χ1v) is 7.62. The van der Waals surface area contributed by atoms with Crippen molar-refractivity contribution in [2.75, 3.05) is 33.9 Å². The van der Waals surface area contributed by atoms with Crippen LogP contribution in [0.3, 0.4) is 0 Å². The van der Waals surface area contributed by atoms with Crippen LogP contribution in [0.5, 0.6) is 0 Å². The Kier molecular flexibility index (Phi) is 6.15. The number of methoxy groups -OCH3 is 2. The Bertz CT molecular complexity index is 495. The number of nitrogens with one attached hydrogen (secondary N) is 1. The number of pyridine rings is 1. The molecule has 0 unspecified atom stereocenters. The number of amides is 2. The van der Waals surface area contributed by atoms with Gasteiger partial charge in [0.05, 0.1) is 18.8 Å². The maximum absolute atomic E-state index is 12.4. The SMILES string of the molecule is COC[C@@H]1C[C@H](OC)CN1C(=O)NCCc1ncccc1C. The summed E-state index contributed by atoms with van der Waals surface area (Å²) in [5.74, 6) is 0. The molecule has 0 saturated carbocycles. The van der Waals surface area contributed by atoms with Gasteiger partial charge in [-0.2, -0.15) is 0 Å². The summed E-state index contributed by atoms with van der Waals surface area (Å²) in [5, 5.41) is 2.97. The lowest BCUT2D eigenvalue weighted by molar-refractivity contribution is 0.110. The first kappa shape index (κ1) is 16.7. The Hall–Kier alpha value is -1.66. The van der Waals surface area contributed by atoms with Gasteiger partial charge in [0, 0.05) is 45.6 Å². The van der Waals surface area contributed by atoms with Gasteiger partial charge < -0.3 is 19.7 Å². The van der Waals surface area contributed by atoms with Crippen molar-refractivity contribution in [1.82, 2.24) is 15.2 Å². The molecule has 2 atom stereocenters. The number of hydrogen-bond acceptors (Lipinski definition) is 4. The van der Waals surface area contributed by atoms with Crippen LogP contribution in [0.4, 0.5) is 4.79 Å². The molecule has 0 spiro atoms. The van der Waals surface area contributed by atoms with E-state index in [-0.39, 0.29) is 18.2 Å². The van der Waals surface area contributed by atoms with E-state index in [2.05, 4.69) is 10.3 Å². The average Bonchev–Trinajstić information content (AvgIpc) is 2.93. The zero-order valence-electron chi connectivity index (χ0n) is 13.5. The number of nitrogens with zero attached hydrogens (tertiary/aromatic N) is 2. The Balaban J connectivity index is 1.84. The fourth-order valence-electron chi connectivity index (χ4n) is 2.81. The minimum absolute atomic E-state index is 0.0600. The minimum atomic E-state index is -0.0600.